The number of hydrogen-bond donors (Lipinski definition) is 2. The molecule has 0 fully saturated rings. The van der Waals surface area contributed by atoms with Gasteiger partial charge in [-0.1, -0.05) is 70.4 Å². The predicted molar refractivity (Wildman–Crippen MR) is 91.9 cm³/mol. The maximum absolute atomic E-state index is 6.44. The Morgan fingerprint density at radius 3 is 1.90 bits per heavy atom. The van der Waals surface area contributed by atoms with Crippen LogP contribution >= 0.6 is 0 Å². The summed E-state index contributed by atoms with van der Waals surface area (Å²) in [4.78, 5) is 0. The first-order valence-electron chi connectivity index (χ1n) is 8.78. The lowest BCUT2D eigenvalue weighted by Gasteiger charge is -2.28. The van der Waals surface area contributed by atoms with E-state index in [0.717, 1.165) is 12.8 Å². The maximum Gasteiger partial charge on any atom is 0.0278 e. The van der Waals surface area contributed by atoms with Crippen LogP contribution in [-0.2, 0) is 0 Å². The van der Waals surface area contributed by atoms with Crippen molar-refractivity contribution in [1.82, 2.24) is 0 Å². The second-order valence-corrected chi connectivity index (χ2v) is 6.25. The molecule has 0 aliphatic rings. The van der Waals surface area contributed by atoms with Crippen molar-refractivity contribution >= 4 is 0 Å². The van der Waals surface area contributed by atoms with Gasteiger partial charge in [-0.25, -0.2) is 0 Å². The molecule has 0 aromatic carbocycles. The quantitative estimate of drug-likeness (QED) is 0.351. The van der Waals surface area contributed by atoms with Crippen molar-refractivity contribution in [2.75, 3.05) is 6.54 Å². The Bertz CT molecular complexity index is 225. The second-order valence-electron chi connectivity index (χ2n) is 6.25. The van der Waals surface area contributed by atoms with E-state index < -0.39 is 0 Å². The summed E-state index contributed by atoms with van der Waals surface area (Å²) in [7, 11) is 0. The van der Waals surface area contributed by atoms with E-state index in [1.807, 2.05) is 0 Å². The van der Waals surface area contributed by atoms with Gasteiger partial charge in [-0.15, -0.1) is 0 Å². The topological polar surface area (TPSA) is 52.0 Å². The van der Waals surface area contributed by atoms with Crippen LogP contribution in [0.2, 0.25) is 0 Å². The molecule has 0 spiro atoms. The van der Waals surface area contributed by atoms with Gasteiger partial charge in [0.05, 0.1) is 0 Å². The molecule has 1 unspecified atom stereocenters. The number of allylic oxidation sites excluding steroid dienone is 2. The fourth-order valence-corrected chi connectivity index (χ4v) is 2.67. The highest BCUT2D eigenvalue weighted by Gasteiger charge is 2.21. The van der Waals surface area contributed by atoms with E-state index in [2.05, 4.69) is 26.0 Å². The summed E-state index contributed by atoms with van der Waals surface area (Å²) in [6, 6.07) is 0. The van der Waals surface area contributed by atoms with E-state index in [1.54, 1.807) is 0 Å². The summed E-state index contributed by atoms with van der Waals surface area (Å²) in [6.45, 7) is 4.98. The molecule has 0 saturated carbocycles. The number of hydrogen-bond acceptors (Lipinski definition) is 2. The molecule has 0 saturated heterocycles. The fourth-order valence-electron chi connectivity index (χ4n) is 2.67. The molecule has 2 heteroatoms. The molecule has 0 aliphatic carbocycles. The zero-order chi connectivity index (χ0) is 15.1. The van der Waals surface area contributed by atoms with Gasteiger partial charge < -0.3 is 11.5 Å². The fraction of sp³-hybridized carbons (Fsp3) is 0.889. The van der Waals surface area contributed by atoms with E-state index in [9.17, 15) is 0 Å². The van der Waals surface area contributed by atoms with Crippen molar-refractivity contribution in [2.45, 2.75) is 96.4 Å². The highest BCUT2D eigenvalue weighted by molar-refractivity contribution is 4.85. The molecule has 0 rings (SSSR count). The molecule has 4 N–H and O–H groups in total. The van der Waals surface area contributed by atoms with E-state index in [4.69, 9.17) is 11.5 Å². The molecule has 0 aromatic rings. The van der Waals surface area contributed by atoms with E-state index >= 15 is 0 Å². The van der Waals surface area contributed by atoms with E-state index in [1.165, 1.54) is 64.2 Å². The van der Waals surface area contributed by atoms with Crippen LogP contribution in [-0.4, -0.2) is 12.1 Å². The average molecular weight is 283 g/mol. The third kappa shape index (κ3) is 11.5. The first kappa shape index (κ1) is 19.7. The zero-order valence-electron chi connectivity index (χ0n) is 14.0. The van der Waals surface area contributed by atoms with Crippen molar-refractivity contribution in [3.05, 3.63) is 12.2 Å². The van der Waals surface area contributed by atoms with Crippen LogP contribution in [0.5, 0.6) is 0 Å². The molecule has 0 radical (unpaired) electrons. The molecular formula is C18H38N2. The average Bonchev–Trinajstić information content (AvgIpc) is 2.46. The SMILES string of the molecule is C/C=C/CCCCCCC(N)(CN)CCCCCCC. The normalized spacial score (nSPS) is 14.8. The van der Waals surface area contributed by atoms with Crippen molar-refractivity contribution < 1.29 is 0 Å². The first-order chi connectivity index (χ1) is 9.68. The molecule has 1 atom stereocenters. The van der Waals surface area contributed by atoms with Crippen molar-refractivity contribution in [2.24, 2.45) is 11.5 Å². The minimum absolute atomic E-state index is 0.102. The summed E-state index contributed by atoms with van der Waals surface area (Å²) in [6.07, 6.45) is 19.5. The summed E-state index contributed by atoms with van der Waals surface area (Å²) in [5.74, 6) is 0. The Kier molecular flexibility index (Phi) is 13.4. The summed E-state index contributed by atoms with van der Waals surface area (Å²) in [5.41, 5.74) is 12.2. The molecule has 20 heavy (non-hydrogen) atoms. The second kappa shape index (κ2) is 13.6. The van der Waals surface area contributed by atoms with Crippen molar-refractivity contribution in [3.63, 3.8) is 0 Å². The molecular weight excluding hydrogens is 244 g/mol. The van der Waals surface area contributed by atoms with Crippen LogP contribution in [0.4, 0.5) is 0 Å². The lowest BCUT2D eigenvalue weighted by atomic mass is 9.87. The zero-order valence-corrected chi connectivity index (χ0v) is 14.0. The van der Waals surface area contributed by atoms with Crippen LogP contribution in [0, 0.1) is 0 Å². The van der Waals surface area contributed by atoms with Crippen LogP contribution in [0.25, 0.3) is 0 Å². The standard InChI is InChI=1S/C18H38N2/c1-3-5-7-9-10-12-14-16-18(20,17-19)15-13-11-8-6-4-2/h3,5H,4,6-17,19-20H2,1-2H3/b5-3+. The predicted octanol–water partition coefficient (Wildman–Crippen LogP) is 4.92. The van der Waals surface area contributed by atoms with Gasteiger partial charge in [0.2, 0.25) is 0 Å². The Morgan fingerprint density at radius 1 is 0.850 bits per heavy atom. The summed E-state index contributed by atoms with van der Waals surface area (Å²) < 4.78 is 0. The van der Waals surface area contributed by atoms with Gasteiger partial charge in [0, 0.05) is 12.1 Å². The lowest BCUT2D eigenvalue weighted by molar-refractivity contribution is 0.343. The Morgan fingerprint density at radius 2 is 1.40 bits per heavy atom. The number of rotatable bonds is 14. The largest absolute Gasteiger partial charge is 0.329 e. The summed E-state index contributed by atoms with van der Waals surface area (Å²) >= 11 is 0. The van der Waals surface area contributed by atoms with Crippen LogP contribution < -0.4 is 11.5 Å². The van der Waals surface area contributed by atoms with Crippen LogP contribution in [0.3, 0.4) is 0 Å². The molecule has 0 amide bonds. The molecule has 0 bridgehead atoms. The Hall–Kier alpha value is -0.340. The van der Waals surface area contributed by atoms with E-state index in [-0.39, 0.29) is 5.54 Å². The Labute approximate surface area is 127 Å². The third-order valence-corrected chi connectivity index (χ3v) is 4.22. The number of nitrogens with two attached hydrogens (primary N) is 2. The van der Waals surface area contributed by atoms with Gasteiger partial charge in [-0.2, -0.15) is 0 Å². The Balaban J connectivity index is 3.60. The molecule has 120 valence electrons. The monoisotopic (exact) mass is 282 g/mol. The third-order valence-electron chi connectivity index (χ3n) is 4.22. The minimum atomic E-state index is -0.102. The van der Waals surface area contributed by atoms with Gasteiger partial charge in [0.25, 0.3) is 0 Å². The highest BCUT2D eigenvalue weighted by atomic mass is 14.8. The smallest absolute Gasteiger partial charge is 0.0278 e. The van der Waals surface area contributed by atoms with Gasteiger partial charge in [0.1, 0.15) is 0 Å². The molecule has 0 aromatic heterocycles. The molecule has 0 heterocycles. The highest BCUT2D eigenvalue weighted by Crippen LogP contribution is 2.20. The number of unbranched alkanes of at least 4 members (excludes halogenated alkanes) is 8. The molecule has 2 nitrogen and oxygen atoms in total. The van der Waals surface area contributed by atoms with Gasteiger partial charge >= 0.3 is 0 Å². The molecule has 0 aliphatic heterocycles. The van der Waals surface area contributed by atoms with Crippen LogP contribution in [0.1, 0.15) is 90.9 Å². The van der Waals surface area contributed by atoms with Crippen LogP contribution in [0.15, 0.2) is 12.2 Å². The van der Waals surface area contributed by atoms with Gasteiger partial charge in [0.15, 0.2) is 0 Å². The maximum atomic E-state index is 6.44. The van der Waals surface area contributed by atoms with Gasteiger partial charge in [-0.3, -0.25) is 0 Å². The van der Waals surface area contributed by atoms with Gasteiger partial charge in [-0.05, 0) is 32.6 Å². The summed E-state index contributed by atoms with van der Waals surface area (Å²) in [5, 5.41) is 0. The lowest BCUT2D eigenvalue weighted by Crippen LogP contribution is -2.46. The minimum Gasteiger partial charge on any atom is -0.329 e. The van der Waals surface area contributed by atoms with E-state index in [0.29, 0.717) is 6.54 Å². The van der Waals surface area contributed by atoms with Crippen molar-refractivity contribution in [1.29, 1.82) is 0 Å². The van der Waals surface area contributed by atoms with Crippen molar-refractivity contribution in [3.8, 4) is 0 Å². The first-order valence-corrected chi connectivity index (χ1v) is 8.78.